The highest BCUT2D eigenvalue weighted by Crippen LogP contribution is 2.28. The third-order valence-corrected chi connectivity index (χ3v) is 4.91. The van der Waals surface area contributed by atoms with E-state index >= 15 is 0 Å². The minimum absolute atomic E-state index is 0.219. The van der Waals surface area contributed by atoms with E-state index < -0.39 is 17.5 Å². The van der Waals surface area contributed by atoms with Crippen molar-refractivity contribution in [1.29, 1.82) is 0 Å². The monoisotopic (exact) mass is 397 g/mol. The highest BCUT2D eigenvalue weighted by molar-refractivity contribution is 6.31. The van der Waals surface area contributed by atoms with Crippen molar-refractivity contribution in [1.82, 2.24) is 0 Å². The van der Waals surface area contributed by atoms with E-state index in [1.807, 2.05) is 24.3 Å². The van der Waals surface area contributed by atoms with E-state index in [-0.39, 0.29) is 22.6 Å². The van der Waals surface area contributed by atoms with Crippen molar-refractivity contribution in [3.63, 3.8) is 0 Å². The topological polar surface area (TPSA) is 76.8 Å². The molecular weight excluding hydrogens is 382 g/mol. The molecule has 2 aromatic carbocycles. The molecule has 3 aromatic rings. The van der Waals surface area contributed by atoms with Crippen LogP contribution in [0.15, 0.2) is 57.7 Å². The van der Waals surface area contributed by atoms with Crippen LogP contribution in [-0.4, -0.2) is 24.5 Å². The van der Waals surface area contributed by atoms with E-state index in [4.69, 9.17) is 20.8 Å². The van der Waals surface area contributed by atoms with E-state index in [1.54, 1.807) is 11.0 Å². The lowest BCUT2D eigenvalue weighted by Gasteiger charge is -2.21. The maximum Gasteiger partial charge on any atom is 0.375 e. The van der Waals surface area contributed by atoms with E-state index in [2.05, 4.69) is 0 Å². The van der Waals surface area contributed by atoms with Crippen LogP contribution < -0.4 is 10.3 Å². The first-order valence-corrected chi connectivity index (χ1v) is 9.15. The normalized spacial score (nSPS) is 14.0. The number of nitrogens with zero attached hydrogens (tertiary/aromatic N) is 1. The molecule has 0 bridgehead atoms. The van der Waals surface area contributed by atoms with Crippen LogP contribution in [-0.2, 0) is 16.0 Å². The van der Waals surface area contributed by atoms with Gasteiger partial charge in [-0.1, -0.05) is 29.8 Å². The summed E-state index contributed by atoms with van der Waals surface area (Å²) in [4.78, 5) is 39.0. The number of hydrogen-bond acceptors (Lipinski definition) is 5. The van der Waals surface area contributed by atoms with Crippen molar-refractivity contribution in [2.45, 2.75) is 19.4 Å². The molecule has 0 aliphatic carbocycles. The van der Waals surface area contributed by atoms with Crippen LogP contribution in [0.5, 0.6) is 0 Å². The number of hydrogen-bond donors (Lipinski definition) is 0. The zero-order valence-corrected chi connectivity index (χ0v) is 15.7. The van der Waals surface area contributed by atoms with Gasteiger partial charge in [0.25, 0.3) is 5.91 Å². The van der Waals surface area contributed by atoms with E-state index in [0.29, 0.717) is 11.6 Å². The Morgan fingerprint density at radius 1 is 1.18 bits per heavy atom. The Balaban J connectivity index is 1.54. The molecule has 1 amide bonds. The molecule has 1 aromatic heterocycles. The summed E-state index contributed by atoms with van der Waals surface area (Å²) in [5.74, 6) is -1.46. The second-order valence-electron chi connectivity index (χ2n) is 6.53. The van der Waals surface area contributed by atoms with Gasteiger partial charge in [-0.15, -0.1) is 0 Å². The zero-order valence-electron chi connectivity index (χ0n) is 15.0. The highest BCUT2D eigenvalue weighted by atomic mass is 35.5. The maximum atomic E-state index is 12.7. The first-order chi connectivity index (χ1) is 13.4. The second kappa shape index (κ2) is 7.13. The molecule has 0 fully saturated rings. The van der Waals surface area contributed by atoms with Gasteiger partial charge in [-0.3, -0.25) is 9.59 Å². The number of para-hydroxylation sites is 1. The number of rotatable bonds is 3. The summed E-state index contributed by atoms with van der Waals surface area (Å²) in [5, 5.41) is 0.655. The first-order valence-electron chi connectivity index (χ1n) is 8.78. The number of amides is 1. The second-order valence-corrected chi connectivity index (χ2v) is 6.97. The molecule has 1 aliphatic rings. The van der Waals surface area contributed by atoms with Crippen LogP contribution >= 0.6 is 11.6 Å². The number of benzene rings is 2. The van der Waals surface area contributed by atoms with Crippen molar-refractivity contribution in [2.75, 3.05) is 11.4 Å². The third-order valence-electron chi connectivity index (χ3n) is 4.68. The van der Waals surface area contributed by atoms with Crippen molar-refractivity contribution in [3.05, 3.63) is 75.1 Å². The lowest BCUT2D eigenvalue weighted by atomic mass is 10.2. The molecule has 4 rings (SSSR count). The van der Waals surface area contributed by atoms with Crippen LogP contribution in [0.1, 0.15) is 23.0 Å². The number of ether oxygens (including phenoxy) is 1. The average Bonchev–Trinajstić information content (AvgIpc) is 3.11. The van der Waals surface area contributed by atoms with Gasteiger partial charge in [0, 0.05) is 23.3 Å². The molecule has 142 valence electrons. The molecule has 0 unspecified atom stereocenters. The SMILES string of the molecule is C[C@H](OC(=O)c1cc(=O)c2cc(Cl)ccc2o1)C(=O)N1CCc2ccccc21. The fourth-order valence-corrected chi connectivity index (χ4v) is 3.46. The Bertz CT molecular complexity index is 1150. The summed E-state index contributed by atoms with van der Waals surface area (Å²) in [7, 11) is 0. The predicted octanol–water partition coefficient (Wildman–Crippen LogP) is 3.58. The Morgan fingerprint density at radius 2 is 1.96 bits per heavy atom. The van der Waals surface area contributed by atoms with Crippen molar-refractivity contribution >= 4 is 40.1 Å². The molecule has 0 radical (unpaired) electrons. The molecule has 7 heteroatoms. The van der Waals surface area contributed by atoms with E-state index in [1.165, 1.54) is 19.1 Å². The molecule has 0 saturated heterocycles. The molecular formula is C21H16ClNO5. The number of carbonyl (C=O) groups is 2. The largest absolute Gasteiger partial charge is 0.449 e. The highest BCUT2D eigenvalue weighted by Gasteiger charge is 2.30. The van der Waals surface area contributed by atoms with Crippen LogP contribution in [0.25, 0.3) is 11.0 Å². The van der Waals surface area contributed by atoms with Crippen molar-refractivity contribution in [2.24, 2.45) is 0 Å². The van der Waals surface area contributed by atoms with Gasteiger partial charge in [-0.05, 0) is 43.2 Å². The van der Waals surface area contributed by atoms with Crippen LogP contribution in [0, 0.1) is 0 Å². The minimum atomic E-state index is -1.02. The smallest absolute Gasteiger partial charge is 0.375 e. The molecule has 1 aliphatic heterocycles. The van der Waals surface area contributed by atoms with Gasteiger partial charge in [0.2, 0.25) is 5.76 Å². The Hall–Kier alpha value is -3.12. The fourth-order valence-electron chi connectivity index (χ4n) is 3.28. The molecule has 0 spiro atoms. The molecule has 0 saturated carbocycles. The molecule has 2 heterocycles. The Morgan fingerprint density at radius 3 is 2.79 bits per heavy atom. The summed E-state index contributed by atoms with van der Waals surface area (Å²) in [6, 6.07) is 13.2. The van der Waals surface area contributed by atoms with Crippen LogP contribution in [0.2, 0.25) is 5.02 Å². The number of esters is 1. The third kappa shape index (κ3) is 3.27. The van der Waals surface area contributed by atoms with Gasteiger partial charge in [0.1, 0.15) is 5.58 Å². The summed E-state index contributed by atoms with van der Waals surface area (Å²) in [5.41, 5.74) is 1.71. The van der Waals surface area contributed by atoms with Gasteiger partial charge in [-0.2, -0.15) is 0 Å². The Labute approximate surface area is 165 Å². The number of carbonyl (C=O) groups excluding carboxylic acids is 2. The van der Waals surface area contributed by atoms with Crippen LogP contribution in [0.4, 0.5) is 5.69 Å². The summed E-state index contributed by atoms with van der Waals surface area (Å²) in [6.45, 7) is 2.03. The van der Waals surface area contributed by atoms with Crippen LogP contribution in [0.3, 0.4) is 0 Å². The number of fused-ring (bicyclic) bond motifs is 2. The quantitative estimate of drug-likeness (QED) is 0.631. The van der Waals surface area contributed by atoms with E-state index in [0.717, 1.165) is 23.7 Å². The summed E-state index contributed by atoms with van der Waals surface area (Å²) in [6.07, 6.45) is -0.269. The maximum absolute atomic E-state index is 12.7. The standard InChI is InChI=1S/C21H16ClNO5/c1-12(20(25)23-9-8-13-4-2-3-5-16(13)23)27-21(26)19-11-17(24)15-10-14(22)6-7-18(15)28-19/h2-7,10-12H,8-9H2,1H3/t12-/m0/s1. The minimum Gasteiger partial charge on any atom is -0.449 e. The first kappa shape index (κ1) is 18.3. The van der Waals surface area contributed by atoms with Crippen molar-refractivity contribution < 1.29 is 18.7 Å². The molecule has 0 N–H and O–H groups in total. The molecule has 1 atom stereocenters. The fraction of sp³-hybridized carbons (Fsp3) is 0.190. The van der Waals surface area contributed by atoms with Gasteiger partial charge in [-0.25, -0.2) is 4.79 Å². The number of anilines is 1. The summed E-state index contributed by atoms with van der Waals surface area (Å²) >= 11 is 5.88. The number of halogens is 1. The molecule has 6 nitrogen and oxygen atoms in total. The average molecular weight is 398 g/mol. The van der Waals surface area contributed by atoms with Gasteiger partial charge >= 0.3 is 5.97 Å². The van der Waals surface area contributed by atoms with Gasteiger partial charge in [0.05, 0.1) is 5.39 Å². The van der Waals surface area contributed by atoms with E-state index in [9.17, 15) is 14.4 Å². The summed E-state index contributed by atoms with van der Waals surface area (Å²) < 4.78 is 10.7. The van der Waals surface area contributed by atoms with Crippen molar-refractivity contribution in [3.8, 4) is 0 Å². The molecule has 28 heavy (non-hydrogen) atoms. The van der Waals surface area contributed by atoms with Gasteiger partial charge in [0.15, 0.2) is 11.5 Å². The Kier molecular flexibility index (Phi) is 4.65. The zero-order chi connectivity index (χ0) is 19.8. The lowest BCUT2D eigenvalue weighted by Crippen LogP contribution is -2.39. The van der Waals surface area contributed by atoms with Gasteiger partial charge < -0.3 is 14.1 Å². The predicted molar refractivity (Wildman–Crippen MR) is 105 cm³/mol. The lowest BCUT2D eigenvalue weighted by molar-refractivity contribution is -0.126.